The van der Waals surface area contributed by atoms with E-state index in [1.54, 1.807) is 0 Å². The van der Waals surface area contributed by atoms with Crippen LogP contribution in [0.1, 0.15) is 68.9 Å². The van der Waals surface area contributed by atoms with Gasteiger partial charge in [0.25, 0.3) is 0 Å². The fourth-order valence-electron chi connectivity index (χ4n) is 3.40. The second-order valence-corrected chi connectivity index (χ2v) is 10.0. The van der Waals surface area contributed by atoms with Crippen LogP contribution in [0.3, 0.4) is 0 Å². The summed E-state index contributed by atoms with van der Waals surface area (Å²) in [6.45, 7) is 4.43. The largest absolute Gasteiger partial charge is 0.481 e. The van der Waals surface area contributed by atoms with Crippen molar-refractivity contribution in [3.05, 3.63) is 29.3 Å². The van der Waals surface area contributed by atoms with Crippen LogP contribution >= 0.6 is 23.5 Å². The predicted octanol–water partition coefficient (Wildman–Crippen LogP) is 5.77. The van der Waals surface area contributed by atoms with Gasteiger partial charge in [-0.3, -0.25) is 4.79 Å². The average Bonchev–Trinajstić information content (AvgIpc) is 3.38. The first-order valence-corrected chi connectivity index (χ1v) is 11.2. The number of carboxylic acids is 1. The van der Waals surface area contributed by atoms with Gasteiger partial charge in [-0.15, -0.1) is 11.8 Å². The van der Waals surface area contributed by atoms with Gasteiger partial charge in [0.1, 0.15) is 0 Å². The van der Waals surface area contributed by atoms with E-state index < -0.39 is 5.97 Å². The molecule has 1 heterocycles. The zero-order valence-corrected chi connectivity index (χ0v) is 16.3. The molecular formula is C20H28O2S2. The molecule has 2 fully saturated rings. The van der Waals surface area contributed by atoms with Gasteiger partial charge in [-0.25, -0.2) is 0 Å². The molecule has 1 saturated heterocycles. The smallest absolute Gasteiger partial charge is 0.310 e. The quantitative estimate of drug-likeness (QED) is 0.667. The van der Waals surface area contributed by atoms with Gasteiger partial charge in [-0.1, -0.05) is 26.0 Å². The normalized spacial score (nSPS) is 20.3. The summed E-state index contributed by atoms with van der Waals surface area (Å²) in [5.74, 6) is 2.36. The highest BCUT2D eigenvalue weighted by molar-refractivity contribution is 8.00. The molecule has 1 aliphatic heterocycles. The summed E-state index contributed by atoms with van der Waals surface area (Å²) in [6, 6.07) is 6.44. The molecule has 2 aliphatic rings. The highest BCUT2D eigenvalue weighted by atomic mass is 32.2. The van der Waals surface area contributed by atoms with Gasteiger partial charge < -0.3 is 5.11 Å². The number of thioether (sulfide) groups is 2. The number of carboxylic acid groups (broad SMARTS) is 1. The Kier molecular flexibility index (Phi) is 6.20. The molecule has 4 heteroatoms. The molecule has 0 spiro atoms. The maximum atomic E-state index is 11.9. The predicted molar refractivity (Wildman–Crippen MR) is 104 cm³/mol. The Morgan fingerprint density at radius 2 is 1.96 bits per heavy atom. The fraction of sp³-hybridized carbons (Fsp3) is 0.650. The fourth-order valence-corrected chi connectivity index (χ4v) is 5.91. The summed E-state index contributed by atoms with van der Waals surface area (Å²) in [6.07, 6.45) is 5.77. The van der Waals surface area contributed by atoms with E-state index in [2.05, 4.69) is 32.0 Å². The minimum atomic E-state index is -0.662. The summed E-state index contributed by atoms with van der Waals surface area (Å²) in [4.78, 5) is 13.3. The van der Waals surface area contributed by atoms with Crippen LogP contribution < -0.4 is 0 Å². The van der Waals surface area contributed by atoms with Gasteiger partial charge in [-0.05, 0) is 72.6 Å². The first-order chi connectivity index (χ1) is 11.5. The van der Waals surface area contributed by atoms with Gasteiger partial charge in [0.2, 0.25) is 0 Å². The molecule has 1 aromatic rings. The van der Waals surface area contributed by atoms with E-state index in [9.17, 15) is 9.90 Å². The molecule has 0 amide bonds. The zero-order chi connectivity index (χ0) is 17.1. The lowest BCUT2D eigenvalue weighted by Gasteiger charge is -2.25. The molecule has 1 atom stereocenters. The Bertz CT molecular complexity index is 575. The second kappa shape index (κ2) is 8.18. The lowest BCUT2D eigenvalue weighted by molar-refractivity contribution is -0.139. The minimum absolute atomic E-state index is 0.351. The van der Waals surface area contributed by atoms with E-state index in [-0.39, 0.29) is 5.92 Å². The van der Waals surface area contributed by atoms with Crippen molar-refractivity contribution in [3.63, 3.8) is 0 Å². The molecule has 3 rings (SSSR count). The van der Waals surface area contributed by atoms with E-state index in [1.165, 1.54) is 47.6 Å². The SMILES string of the molecule is CC(C)c1cc(C(CC2CCSCC2)C(=O)O)ccc1SC1CC1. The number of hydrogen-bond donors (Lipinski definition) is 1. The summed E-state index contributed by atoms with van der Waals surface area (Å²) < 4.78 is 0. The van der Waals surface area contributed by atoms with Crippen LogP contribution in [0.2, 0.25) is 0 Å². The molecule has 1 N–H and O–H groups in total. The standard InChI is InChI=1S/C20H28O2S2/c1-13(2)17-12-15(3-6-19(17)24-16-4-5-16)18(20(21)22)11-14-7-9-23-10-8-14/h3,6,12-14,16,18H,4-5,7-11H2,1-2H3,(H,21,22). The van der Waals surface area contributed by atoms with Crippen molar-refractivity contribution in [2.75, 3.05) is 11.5 Å². The van der Waals surface area contributed by atoms with E-state index in [0.717, 1.165) is 17.2 Å². The molecule has 1 unspecified atom stereocenters. The number of hydrogen-bond acceptors (Lipinski definition) is 3. The molecule has 1 aliphatic carbocycles. The third kappa shape index (κ3) is 4.72. The van der Waals surface area contributed by atoms with Crippen molar-refractivity contribution in [2.24, 2.45) is 5.92 Å². The highest BCUT2D eigenvalue weighted by Gasteiger charge is 2.28. The summed E-state index contributed by atoms with van der Waals surface area (Å²) in [5.41, 5.74) is 2.33. The second-order valence-electron chi connectivity index (χ2n) is 7.45. The summed E-state index contributed by atoms with van der Waals surface area (Å²) in [7, 11) is 0. The molecule has 24 heavy (non-hydrogen) atoms. The van der Waals surface area contributed by atoms with Crippen LogP contribution in [0, 0.1) is 5.92 Å². The Labute approximate surface area is 154 Å². The van der Waals surface area contributed by atoms with Crippen molar-refractivity contribution in [1.29, 1.82) is 0 Å². The lowest BCUT2D eigenvalue weighted by atomic mass is 9.85. The van der Waals surface area contributed by atoms with Crippen LogP contribution in [-0.2, 0) is 4.79 Å². The maximum absolute atomic E-state index is 11.9. The molecule has 0 radical (unpaired) electrons. The number of rotatable bonds is 7. The molecule has 1 aromatic carbocycles. The third-order valence-electron chi connectivity index (χ3n) is 5.08. The first kappa shape index (κ1) is 18.2. The van der Waals surface area contributed by atoms with Crippen molar-refractivity contribution in [1.82, 2.24) is 0 Å². The first-order valence-electron chi connectivity index (χ1n) is 9.15. The van der Waals surface area contributed by atoms with Crippen molar-refractivity contribution >= 4 is 29.5 Å². The van der Waals surface area contributed by atoms with Crippen molar-refractivity contribution in [2.45, 2.75) is 67.9 Å². The van der Waals surface area contributed by atoms with Crippen LogP contribution in [0.5, 0.6) is 0 Å². The Balaban J connectivity index is 1.80. The number of benzene rings is 1. The van der Waals surface area contributed by atoms with E-state index in [1.807, 2.05) is 23.5 Å². The Hall–Kier alpha value is -0.610. The summed E-state index contributed by atoms with van der Waals surface area (Å²) in [5, 5.41) is 10.6. The van der Waals surface area contributed by atoms with Crippen LogP contribution in [0.4, 0.5) is 0 Å². The van der Waals surface area contributed by atoms with Crippen LogP contribution in [0.15, 0.2) is 23.1 Å². The molecule has 0 bridgehead atoms. The average molecular weight is 365 g/mol. The van der Waals surface area contributed by atoms with Crippen molar-refractivity contribution < 1.29 is 9.90 Å². The molecule has 2 nitrogen and oxygen atoms in total. The van der Waals surface area contributed by atoms with Crippen LogP contribution in [-0.4, -0.2) is 27.8 Å². The van der Waals surface area contributed by atoms with E-state index in [4.69, 9.17) is 0 Å². The van der Waals surface area contributed by atoms with Gasteiger partial charge in [0.15, 0.2) is 0 Å². The van der Waals surface area contributed by atoms with Gasteiger partial charge >= 0.3 is 5.97 Å². The molecular weight excluding hydrogens is 336 g/mol. The lowest BCUT2D eigenvalue weighted by Crippen LogP contribution is -2.19. The highest BCUT2D eigenvalue weighted by Crippen LogP contribution is 2.43. The molecule has 132 valence electrons. The van der Waals surface area contributed by atoms with E-state index >= 15 is 0 Å². The Morgan fingerprint density at radius 1 is 1.25 bits per heavy atom. The molecule has 1 saturated carbocycles. The van der Waals surface area contributed by atoms with E-state index in [0.29, 0.717) is 11.8 Å². The number of aliphatic carboxylic acids is 1. The third-order valence-corrected chi connectivity index (χ3v) is 7.56. The zero-order valence-electron chi connectivity index (χ0n) is 14.7. The number of carbonyl (C=O) groups is 1. The van der Waals surface area contributed by atoms with Gasteiger partial charge in [-0.2, -0.15) is 11.8 Å². The maximum Gasteiger partial charge on any atom is 0.310 e. The van der Waals surface area contributed by atoms with Gasteiger partial charge in [0.05, 0.1) is 5.92 Å². The summed E-state index contributed by atoms with van der Waals surface area (Å²) >= 11 is 3.98. The Morgan fingerprint density at radius 3 is 2.54 bits per heavy atom. The topological polar surface area (TPSA) is 37.3 Å². The monoisotopic (exact) mass is 364 g/mol. The van der Waals surface area contributed by atoms with Crippen LogP contribution in [0.25, 0.3) is 0 Å². The van der Waals surface area contributed by atoms with Crippen molar-refractivity contribution in [3.8, 4) is 0 Å². The van der Waals surface area contributed by atoms with Gasteiger partial charge in [0, 0.05) is 10.1 Å². The minimum Gasteiger partial charge on any atom is -0.481 e. The molecule has 0 aromatic heterocycles.